The SMILES string of the molecule is O=C(NCCN1CCc2cccc(O)c2C1)N1c2ccccc2Sc2ccccc21. The summed E-state index contributed by atoms with van der Waals surface area (Å²) in [7, 11) is 0. The quantitative estimate of drug-likeness (QED) is 0.645. The maximum atomic E-state index is 13.2. The number of amides is 2. The zero-order valence-electron chi connectivity index (χ0n) is 16.5. The number of fused-ring (bicyclic) bond motifs is 3. The minimum Gasteiger partial charge on any atom is -0.508 e. The van der Waals surface area contributed by atoms with E-state index in [0.29, 0.717) is 18.8 Å². The van der Waals surface area contributed by atoms with E-state index in [1.165, 1.54) is 5.56 Å². The second kappa shape index (κ2) is 8.05. The third-order valence-electron chi connectivity index (χ3n) is 5.67. The highest BCUT2D eigenvalue weighted by Crippen LogP contribution is 2.47. The molecule has 0 spiro atoms. The first kappa shape index (κ1) is 19.0. The van der Waals surface area contributed by atoms with Gasteiger partial charge in [-0.15, -0.1) is 0 Å². The van der Waals surface area contributed by atoms with Crippen molar-refractivity contribution in [1.29, 1.82) is 0 Å². The molecule has 3 aromatic rings. The van der Waals surface area contributed by atoms with Crippen molar-refractivity contribution in [1.82, 2.24) is 10.2 Å². The number of phenols is 1. The molecule has 0 saturated carbocycles. The topological polar surface area (TPSA) is 55.8 Å². The molecule has 0 aromatic heterocycles. The standard InChI is InChI=1S/C24H23N3O2S/c28-21-9-5-6-17-12-14-26(16-18(17)21)15-13-25-24(29)27-19-7-1-3-10-22(19)30-23-11-4-2-8-20(23)27/h1-11,28H,12-16H2,(H,25,29). The Morgan fingerprint density at radius 3 is 2.40 bits per heavy atom. The van der Waals surface area contributed by atoms with Crippen molar-refractivity contribution in [3.05, 3.63) is 77.9 Å². The lowest BCUT2D eigenvalue weighted by molar-refractivity contribution is 0.234. The largest absolute Gasteiger partial charge is 0.508 e. The van der Waals surface area contributed by atoms with Crippen molar-refractivity contribution < 1.29 is 9.90 Å². The van der Waals surface area contributed by atoms with E-state index in [9.17, 15) is 9.90 Å². The van der Waals surface area contributed by atoms with Crippen LogP contribution in [0.25, 0.3) is 0 Å². The van der Waals surface area contributed by atoms with Crippen LogP contribution in [0.4, 0.5) is 16.2 Å². The van der Waals surface area contributed by atoms with Crippen molar-refractivity contribution in [2.45, 2.75) is 22.8 Å². The maximum Gasteiger partial charge on any atom is 0.326 e. The summed E-state index contributed by atoms with van der Waals surface area (Å²) >= 11 is 1.69. The van der Waals surface area contributed by atoms with E-state index in [-0.39, 0.29) is 6.03 Å². The van der Waals surface area contributed by atoms with Crippen molar-refractivity contribution in [2.24, 2.45) is 0 Å². The fourth-order valence-corrected chi connectivity index (χ4v) is 5.19. The Morgan fingerprint density at radius 1 is 0.967 bits per heavy atom. The average molecular weight is 418 g/mol. The Labute approximate surface area is 180 Å². The van der Waals surface area contributed by atoms with Gasteiger partial charge in [-0.25, -0.2) is 4.79 Å². The molecule has 0 saturated heterocycles. The monoisotopic (exact) mass is 417 g/mol. The van der Waals surface area contributed by atoms with Gasteiger partial charge in [-0.3, -0.25) is 9.80 Å². The van der Waals surface area contributed by atoms with Gasteiger partial charge in [-0.05, 0) is 42.3 Å². The van der Waals surface area contributed by atoms with Crippen LogP contribution in [0.5, 0.6) is 5.75 Å². The third-order valence-corrected chi connectivity index (χ3v) is 6.80. The summed E-state index contributed by atoms with van der Waals surface area (Å²) in [6.45, 7) is 2.93. The molecule has 0 fully saturated rings. The van der Waals surface area contributed by atoms with Gasteiger partial charge in [-0.2, -0.15) is 0 Å². The predicted molar refractivity (Wildman–Crippen MR) is 120 cm³/mol. The molecule has 0 atom stereocenters. The Bertz CT molecular complexity index is 1060. The number of phenolic OH excluding ortho intramolecular Hbond substituents is 1. The molecule has 2 aliphatic heterocycles. The number of hydrogen-bond donors (Lipinski definition) is 2. The number of benzene rings is 3. The van der Waals surface area contributed by atoms with Crippen molar-refractivity contribution >= 4 is 29.2 Å². The van der Waals surface area contributed by atoms with Crippen LogP contribution in [0.2, 0.25) is 0 Å². The highest BCUT2D eigenvalue weighted by atomic mass is 32.2. The van der Waals surface area contributed by atoms with Gasteiger partial charge in [0.2, 0.25) is 0 Å². The Kier molecular flexibility index (Phi) is 5.11. The number of hydrogen-bond acceptors (Lipinski definition) is 4. The zero-order chi connectivity index (χ0) is 20.5. The molecular weight excluding hydrogens is 394 g/mol. The van der Waals surface area contributed by atoms with Crippen LogP contribution in [-0.2, 0) is 13.0 Å². The maximum absolute atomic E-state index is 13.2. The van der Waals surface area contributed by atoms with Gasteiger partial charge in [0, 0.05) is 41.5 Å². The molecule has 0 aliphatic carbocycles. The molecule has 2 heterocycles. The summed E-state index contributed by atoms with van der Waals surface area (Å²) < 4.78 is 0. The van der Waals surface area contributed by atoms with Crippen molar-refractivity contribution in [2.75, 3.05) is 24.5 Å². The van der Waals surface area contributed by atoms with Crippen LogP contribution in [0.1, 0.15) is 11.1 Å². The molecule has 2 N–H and O–H groups in total. The van der Waals surface area contributed by atoms with Crippen LogP contribution < -0.4 is 10.2 Å². The zero-order valence-corrected chi connectivity index (χ0v) is 17.4. The summed E-state index contributed by atoms with van der Waals surface area (Å²) in [5.41, 5.74) is 4.05. The molecule has 152 valence electrons. The van der Waals surface area contributed by atoms with Gasteiger partial charge in [-0.1, -0.05) is 48.2 Å². The van der Waals surface area contributed by atoms with Crippen LogP contribution in [-0.4, -0.2) is 35.7 Å². The van der Waals surface area contributed by atoms with Crippen LogP contribution in [0.3, 0.4) is 0 Å². The van der Waals surface area contributed by atoms with Gasteiger partial charge in [0.05, 0.1) is 11.4 Å². The van der Waals surface area contributed by atoms with E-state index in [2.05, 4.69) is 16.3 Å². The molecular formula is C24H23N3O2S. The summed E-state index contributed by atoms with van der Waals surface area (Å²) in [6, 6.07) is 21.6. The van der Waals surface area contributed by atoms with Gasteiger partial charge in [0.1, 0.15) is 5.75 Å². The molecule has 2 amide bonds. The lowest BCUT2D eigenvalue weighted by Gasteiger charge is -2.32. The molecule has 0 unspecified atom stereocenters. The number of anilines is 2. The second-order valence-corrected chi connectivity index (χ2v) is 8.63. The number of nitrogens with zero attached hydrogens (tertiary/aromatic N) is 2. The molecule has 5 rings (SSSR count). The highest BCUT2D eigenvalue weighted by molar-refractivity contribution is 7.99. The minimum absolute atomic E-state index is 0.115. The highest BCUT2D eigenvalue weighted by Gasteiger charge is 2.28. The van der Waals surface area contributed by atoms with E-state index in [1.54, 1.807) is 22.7 Å². The Balaban J connectivity index is 1.27. The second-order valence-electron chi connectivity index (χ2n) is 7.55. The van der Waals surface area contributed by atoms with E-state index < -0.39 is 0 Å². The molecule has 6 heteroatoms. The third kappa shape index (κ3) is 3.53. The average Bonchev–Trinajstić information content (AvgIpc) is 2.78. The van der Waals surface area contributed by atoms with Gasteiger partial charge in [0.15, 0.2) is 0 Å². The molecule has 2 aliphatic rings. The number of carbonyl (C=O) groups excluding carboxylic acids is 1. The molecule has 3 aromatic carbocycles. The predicted octanol–water partition coefficient (Wildman–Crippen LogP) is 4.76. The first-order valence-corrected chi connectivity index (χ1v) is 11.0. The molecule has 0 radical (unpaired) electrons. The van der Waals surface area contributed by atoms with E-state index in [1.807, 2.05) is 54.6 Å². The fourth-order valence-electron chi connectivity index (χ4n) is 4.13. The summed E-state index contributed by atoms with van der Waals surface area (Å²) in [6.07, 6.45) is 0.918. The fraction of sp³-hybridized carbons (Fsp3) is 0.208. The number of urea groups is 1. The first-order chi connectivity index (χ1) is 14.7. The lowest BCUT2D eigenvalue weighted by atomic mass is 9.99. The summed E-state index contributed by atoms with van der Waals surface area (Å²) in [5, 5.41) is 13.2. The first-order valence-electron chi connectivity index (χ1n) is 10.2. The minimum atomic E-state index is -0.115. The van der Waals surface area contributed by atoms with Gasteiger partial charge >= 0.3 is 6.03 Å². The molecule has 30 heavy (non-hydrogen) atoms. The normalized spacial score (nSPS) is 15.1. The number of nitrogens with one attached hydrogen (secondary N) is 1. The van der Waals surface area contributed by atoms with Crippen LogP contribution in [0.15, 0.2) is 76.5 Å². The van der Waals surface area contributed by atoms with Crippen molar-refractivity contribution in [3.63, 3.8) is 0 Å². The van der Waals surface area contributed by atoms with E-state index in [0.717, 1.165) is 46.2 Å². The smallest absolute Gasteiger partial charge is 0.326 e. The van der Waals surface area contributed by atoms with Gasteiger partial charge < -0.3 is 10.4 Å². The Hall–Kier alpha value is -2.96. The van der Waals surface area contributed by atoms with Gasteiger partial charge in [0.25, 0.3) is 0 Å². The molecule has 0 bridgehead atoms. The number of aromatic hydroxyl groups is 1. The number of carbonyl (C=O) groups is 1. The summed E-state index contributed by atoms with van der Waals surface area (Å²) in [5.74, 6) is 0.361. The number of para-hydroxylation sites is 2. The van der Waals surface area contributed by atoms with E-state index in [4.69, 9.17) is 0 Å². The summed E-state index contributed by atoms with van der Waals surface area (Å²) in [4.78, 5) is 19.4. The lowest BCUT2D eigenvalue weighted by Crippen LogP contribution is -2.42. The van der Waals surface area contributed by atoms with Crippen molar-refractivity contribution in [3.8, 4) is 5.75 Å². The van der Waals surface area contributed by atoms with Crippen LogP contribution >= 0.6 is 11.8 Å². The molecule has 5 nitrogen and oxygen atoms in total. The Morgan fingerprint density at radius 2 is 1.67 bits per heavy atom. The van der Waals surface area contributed by atoms with E-state index >= 15 is 0 Å². The van der Waals surface area contributed by atoms with Crippen LogP contribution in [0, 0.1) is 0 Å². The number of rotatable bonds is 3.